The fourth-order valence-electron chi connectivity index (χ4n) is 10.3. The van der Waals surface area contributed by atoms with E-state index in [1.165, 1.54) is 0 Å². The van der Waals surface area contributed by atoms with E-state index in [4.69, 9.17) is 13.5 Å². The van der Waals surface area contributed by atoms with Crippen molar-refractivity contribution < 1.29 is 55.0 Å². The number of hydrogen-bond acceptors (Lipinski definition) is 12. The van der Waals surface area contributed by atoms with E-state index in [1.54, 1.807) is 35.8 Å². The van der Waals surface area contributed by atoms with E-state index < -0.39 is 45.8 Å². The largest absolute Gasteiger partial charge is 0.456 e. The minimum absolute atomic E-state index is 0.0311. The van der Waals surface area contributed by atoms with Crippen molar-refractivity contribution in [1.82, 2.24) is 25.0 Å². The van der Waals surface area contributed by atoms with Gasteiger partial charge in [0.15, 0.2) is 5.78 Å². The maximum absolute atomic E-state index is 14.5. The third-order valence-corrected chi connectivity index (χ3v) is 19.5. The third-order valence-electron chi connectivity index (χ3n) is 14.7. The lowest BCUT2D eigenvalue weighted by Crippen LogP contribution is -2.50. The first-order chi connectivity index (χ1) is 38.9. The number of piperazine rings is 1. The van der Waals surface area contributed by atoms with Crippen molar-refractivity contribution in [3.8, 4) is 22.5 Å². The molecule has 2 atom stereocenters. The summed E-state index contributed by atoms with van der Waals surface area (Å²) in [6.45, 7) is 17.5. The van der Waals surface area contributed by atoms with E-state index in [1.807, 2.05) is 36.4 Å². The summed E-state index contributed by atoms with van der Waals surface area (Å²) >= 11 is 3.46. The molecule has 2 aliphatic heterocycles. The Balaban J connectivity index is 0.942. The van der Waals surface area contributed by atoms with Crippen molar-refractivity contribution >= 4 is 79.7 Å². The number of alkyl halides is 1. The van der Waals surface area contributed by atoms with Gasteiger partial charge in [-0.3, -0.25) is 33.1 Å². The summed E-state index contributed by atoms with van der Waals surface area (Å²) in [5.74, 6) is -1.72. The second-order valence-corrected chi connectivity index (χ2v) is 25.3. The van der Waals surface area contributed by atoms with Crippen molar-refractivity contribution in [1.29, 1.82) is 0 Å². The molecule has 3 aromatic rings. The highest BCUT2D eigenvalue weighted by atomic mass is 79.9. The maximum atomic E-state index is 14.5. The monoisotopic (exact) mass is 1220 g/mol. The minimum Gasteiger partial charge on any atom is -0.456 e. The first-order valence-corrected chi connectivity index (χ1v) is 32.7. The third kappa shape index (κ3) is 17.9. The number of anilines is 1. The van der Waals surface area contributed by atoms with Crippen LogP contribution in [0.15, 0.2) is 89.3 Å². The van der Waals surface area contributed by atoms with Crippen molar-refractivity contribution in [3.05, 3.63) is 107 Å². The molecule has 0 aromatic heterocycles. The molecule has 6 rings (SSSR count). The number of benzene rings is 4. The summed E-state index contributed by atoms with van der Waals surface area (Å²) in [4.78, 5) is 72.4. The van der Waals surface area contributed by atoms with Gasteiger partial charge in [-0.25, -0.2) is 4.58 Å². The number of ketones is 1. The van der Waals surface area contributed by atoms with Crippen LogP contribution < -0.4 is 25.5 Å². The van der Waals surface area contributed by atoms with Crippen LogP contribution in [0, 0.1) is 0 Å². The Kier molecular flexibility index (Phi) is 24.7. The predicted octanol–water partition coefficient (Wildman–Crippen LogP) is 9.97. The average molecular weight is 1220 g/mol. The summed E-state index contributed by atoms with van der Waals surface area (Å²) in [6, 6.07) is 26.0. The van der Waals surface area contributed by atoms with E-state index >= 15 is 0 Å². The lowest BCUT2D eigenvalue weighted by Gasteiger charge is -2.35. The second-order valence-electron chi connectivity index (χ2n) is 20.1. The lowest BCUT2D eigenvalue weighted by atomic mass is 9.90. The molecule has 0 saturated carbocycles. The van der Waals surface area contributed by atoms with Crippen LogP contribution in [0.1, 0.15) is 132 Å². The molecule has 18 nitrogen and oxygen atoms in total. The van der Waals surface area contributed by atoms with Crippen LogP contribution in [0.5, 0.6) is 0 Å². The number of carbonyl (C=O) groups excluding carboxylic acids is 5. The van der Waals surface area contributed by atoms with E-state index in [0.29, 0.717) is 76.8 Å². The Morgan fingerprint density at radius 1 is 0.741 bits per heavy atom. The van der Waals surface area contributed by atoms with Gasteiger partial charge in [-0.2, -0.15) is 8.42 Å². The number of halogens is 1. The average Bonchev–Trinajstić information content (AvgIpc) is 3.53. The number of rotatable bonds is 31. The summed E-state index contributed by atoms with van der Waals surface area (Å²) in [5.41, 5.74) is 6.50. The number of nitrogens with zero attached hydrogens (tertiary/aromatic N) is 4. The molecule has 81 heavy (non-hydrogen) atoms. The molecule has 3 aliphatic rings. The normalized spacial score (nSPS) is 13.7. The lowest BCUT2D eigenvalue weighted by molar-refractivity contribution is -0.133. The molecule has 440 valence electrons. The van der Waals surface area contributed by atoms with E-state index in [2.05, 4.69) is 100 Å². The van der Waals surface area contributed by atoms with Crippen molar-refractivity contribution in [2.24, 2.45) is 0 Å². The van der Waals surface area contributed by atoms with E-state index in [9.17, 15) is 41.5 Å². The highest BCUT2D eigenvalue weighted by Gasteiger charge is 2.35. The van der Waals surface area contributed by atoms with Crippen LogP contribution >= 0.6 is 23.5 Å². The Morgan fingerprint density at radius 3 is 2.00 bits per heavy atom. The molecule has 4 amide bonds. The van der Waals surface area contributed by atoms with Crippen molar-refractivity contribution in [2.75, 3.05) is 76.2 Å². The summed E-state index contributed by atoms with van der Waals surface area (Å²) in [7, 11) is -8.01. The van der Waals surface area contributed by atoms with Gasteiger partial charge in [0.1, 0.15) is 40.8 Å². The highest BCUT2D eigenvalue weighted by Crippen LogP contribution is 2.64. The van der Waals surface area contributed by atoms with Crippen LogP contribution in [0.4, 0.5) is 5.69 Å². The molecule has 1 fully saturated rings. The van der Waals surface area contributed by atoms with Gasteiger partial charge in [-0.05, 0) is 108 Å². The summed E-state index contributed by atoms with van der Waals surface area (Å²) in [6.07, 6.45) is 3.18. The zero-order valence-corrected chi connectivity index (χ0v) is 51.1. The van der Waals surface area contributed by atoms with E-state index in [-0.39, 0.29) is 56.6 Å². The number of unbranched alkanes of at least 4 members (excludes halogenated alkanes) is 4. The zero-order valence-electron chi connectivity index (χ0n) is 47.8. The minimum atomic E-state index is -4.61. The maximum Gasteiger partial charge on any atom is 0.348 e. The number of fused-ring (bicyclic) bond motifs is 2. The zero-order chi connectivity index (χ0) is 58.7. The molecule has 2 heterocycles. The number of carbonyl (C=O) groups is 5. The molecule has 3 N–H and O–H groups in total. The second kappa shape index (κ2) is 31.1. The Hall–Kier alpha value is -5.76. The molecular weight excluding hydrogens is 1140 g/mol. The van der Waals surface area contributed by atoms with Gasteiger partial charge in [0.05, 0.1) is 19.3 Å². The Bertz CT molecular complexity index is 3140. The molecule has 0 spiro atoms. The number of Topliss-reactive ketones (excluding diaryl/α,β-unsaturated/α-hetero) is 1. The van der Waals surface area contributed by atoms with Crippen LogP contribution in [0.3, 0.4) is 0 Å². The van der Waals surface area contributed by atoms with Crippen molar-refractivity contribution in [3.63, 3.8) is 0 Å². The standard InChI is InChI=1S/C60H80BrN6O12PS/c1-7-64(8-2)45-31-33-49-53(39-45)79-54-40-46(65(9-3)10-4)32-34-50(54)58(49)47-21-17-18-22-48(47)60(72)67-37-35-66(36-38-67)57(71)26-20-19-25-56(70)63-51(42-81(74,75)76)52(68)23-15-13-14-16-24-55(69)62-41-43-27-29-44(30-28-43)59(61)80(73,77-11-5)78-12-6/h17-18,21-22,27-34,39-40,51,59H,7-16,19-20,23-26,35-38,41-42H2,1-6H3,(H2-,62,63,69,70,74,75,76)/p+1. The smallest absolute Gasteiger partial charge is 0.348 e. The number of nitrogens with one attached hydrogen (secondary N) is 2. The summed E-state index contributed by atoms with van der Waals surface area (Å²) in [5, 5.41) is 7.32. The first kappa shape index (κ1) is 64.4. The molecule has 0 bridgehead atoms. The van der Waals surface area contributed by atoms with Crippen LogP contribution in [0.25, 0.3) is 33.4 Å². The van der Waals surface area contributed by atoms with Crippen molar-refractivity contribution in [2.45, 2.75) is 123 Å². The predicted molar refractivity (Wildman–Crippen MR) is 321 cm³/mol. The van der Waals surface area contributed by atoms with E-state index in [0.717, 1.165) is 81.8 Å². The van der Waals surface area contributed by atoms with Gasteiger partial charge in [0, 0.05) is 111 Å². The van der Waals surface area contributed by atoms with Gasteiger partial charge in [-0.1, -0.05) is 71.2 Å². The topological polar surface area (TPSA) is 225 Å². The van der Waals surface area contributed by atoms with Gasteiger partial charge in [0.2, 0.25) is 23.1 Å². The molecule has 1 saturated heterocycles. The molecule has 1 aliphatic carbocycles. The number of amides is 4. The number of hydrogen-bond donors (Lipinski definition) is 3. The van der Waals surface area contributed by atoms with Gasteiger partial charge in [0.25, 0.3) is 16.0 Å². The van der Waals surface area contributed by atoms with Crippen LogP contribution in [-0.4, -0.2) is 130 Å². The van der Waals surface area contributed by atoms with Gasteiger partial charge >= 0.3 is 7.60 Å². The fourth-order valence-corrected chi connectivity index (χ4v) is 13.6. The first-order valence-electron chi connectivity index (χ1n) is 28.5. The quantitative estimate of drug-likeness (QED) is 0.00939. The van der Waals surface area contributed by atoms with Crippen LogP contribution in [-0.2, 0) is 49.5 Å². The Labute approximate surface area is 485 Å². The van der Waals surface area contributed by atoms with Gasteiger partial charge < -0.3 is 38.8 Å². The highest BCUT2D eigenvalue weighted by molar-refractivity contribution is 9.10. The molecule has 21 heteroatoms. The molecule has 2 unspecified atom stereocenters. The summed E-state index contributed by atoms with van der Waals surface area (Å²) < 4.78 is 65.6. The van der Waals surface area contributed by atoms with Gasteiger partial charge in [-0.15, -0.1) is 0 Å². The Morgan fingerprint density at radius 2 is 1.36 bits per heavy atom. The van der Waals surface area contributed by atoms with Crippen LogP contribution in [0.2, 0.25) is 0 Å². The SMILES string of the molecule is CCOP(=O)(OCC)C(Br)c1ccc(CNC(=O)CCCCCCC(=O)C(CS(=O)(=O)O)NC(=O)CCCCC(=O)N2CCN(C(=O)c3ccccc3-c3c4ccc(=[N+](CC)CC)cc-4oc4cc(N(CC)CC)ccc34)CC2)cc1. The molecule has 3 aromatic carbocycles. The fraction of sp³-hybridized carbons (Fsp3) is 0.500. The molecular formula is C60H81BrN6O12PS+. The molecule has 0 radical (unpaired) electrons.